The van der Waals surface area contributed by atoms with Gasteiger partial charge in [0.1, 0.15) is 6.54 Å². The molecule has 0 atom stereocenters. The zero-order valence-corrected chi connectivity index (χ0v) is 9.54. The van der Waals surface area contributed by atoms with Crippen molar-refractivity contribution in [3.8, 4) is 0 Å². The van der Waals surface area contributed by atoms with E-state index in [-0.39, 0.29) is 0 Å². The Morgan fingerprint density at radius 1 is 1.14 bits per heavy atom. The van der Waals surface area contributed by atoms with Crippen LogP contribution in [0.15, 0.2) is 18.2 Å². The molecule has 0 unspecified atom stereocenters. The standard InChI is InChI=1S/C11H13Cl2N/c12-10-4-3-9(11(13)7-10)8-14-5-1-2-6-14/h3-4,7H,1-2,5-6,8H2/p+1. The zero-order chi connectivity index (χ0) is 9.97. The van der Waals surface area contributed by atoms with Crippen molar-refractivity contribution in [3.63, 3.8) is 0 Å². The van der Waals surface area contributed by atoms with Crippen LogP contribution in [-0.4, -0.2) is 13.1 Å². The molecular formula is C11H14Cl2N+. The van der Waals surface area contributed by atoms with Crippen molar-refractivity contribution in [3.05, 3.63) is 33.8 Å². The molecule has 0 bridgehead atoms. The minimum Gasteiger partial charge on any atom is -0.331 e. The Balaban J connectivity index is 2.08. The van der Waals surface area contributed by atoms with E-state index in [0.717, 1.165) is 16.6 Å². The van der Waals surface area contributed by atoms with Gasteiger partial charge in [-0.25, -0.2) is 0 Å². The summed E-state index contributed by atoms with van der Waals surface area (Å²) in [4.78, 5) is 1.63. The van der Waals surface area contributed by atoms with Crippen LogP contribution in [0.25, 0.3) is 0 Å². The van der Waals surface area contributed by atoms with Gasteiger partial charge in [0.15, 0.2) is 0 Å². The first kappa shape index (κ1) is 10.3. The maximum atomic E-state index is 6.11. The molecule has 0 aromatic heterocycles. The molecular weight excluding hydrogens is 217 g/mol. The summed E-state index contributed by atoms with van der Waals surface area (Å²) in [6.45, 7) is 3.59. The second kappa shape index (κ2) is 4.52. The first-order chi connectivity index (χ1) is 6.75. The van der Waals surface area contributed by atoms with Gasteiger partial charge in [-0.3, -0.25) is 0 Å². The minimum atomic E-state index is 0.718. The number of benzene rings is 1. The fraction of sp³-hybridized carbons (Fsp3) is 0.455. The van der Waals surface area contributed by atoms with Gasteiger partial charge < -0.3 is 4.90 Å². The van der Waals surface area contributed by atoms with Gasteiger partial charge in [0.25, 0.3) is 0 Å². The van der Waals surface area contributed by atoms with Crippen molar-refractivity contribution in [1.29, 1.82) is 0 Å². The number of quaternary nitrogens is 1. The highest BCUT2D eigenvalue weighted by molar-refractivity contribution is 6.35. The molecule has 0 aliphatic carbocycles. The molecule has 3 heteroatoms. The van der Waals surface area contributed by atoms with Crippen LogP contribution >= 0.6 is 23.2 Å². The zero-order valence-electron chi connectivity index (χ0n) is 8.02. The summed E-state index contributed by atoms with van der Waals surface area (Å²) in [7, 11) is 0. The Labute approximate surface area is 94.6 Å². The van der Waals surface area contributed by atoms with Crippen LogP contribution in [-0.2, 0) is 6.54 Å². The number of nitrogens with one attached hydrogen (secondary N) is 1. The molecule has 1 aromatic carbocycles. The van der Waals surface area contributed by atoms with Crippen LogP contribution in [0.4, 0.5) is 0 Å². The van der Waals surface area contributed by atoms with Gasteiger partial charge >= 0.3 is 0 Å². The molecule has 1 fully saturated rings. The average Bonchev–Trinajstić information content (AvgIpc) is 2.62. The summed E-state index contributed by atoms with van der Waals surface area (Å²) in [6.07, 6.45) is 2.70. The average molecular weight is 231 g/mol. The van der Waals surface area contributed by atoms with Crippen molar-refractivity contribution < 1.29 is 4.90 Å². The monoisotopic (exact) mass is 230 g/mol. The van der Waals surface area contributed by atoms with Crippen molar-refractivity contribution in [2.45, 2.75) is 19.4 Å². The predicted molar refractivity (Wildman–Crippen MR) is 60.1 cm³/mol. The van der Waals surface area contributed by atoms with E-state index >= 15 is 0 Å². The Morgan fingerprint density at radius 3 is 2.50 bits per heavy atom. The van der Waals surface area contributed by atoms with Crippen LogP contribution in [0.3, 0.4) is 0 Å². The Morgan fingerprint density at radius 2 is 1.86 bits per heavy atom. The highest BCUT2D eigenvalue weighted by Crippen LogP contribution is 2.20. The van der Waals surface area contributed by atoms with Crippen molar-refractivity contribution >= 4 is 23.2 Å². The SMILES string of the molecule is Clc1ccc(C[NH+]2CCCC2)c(Cl)c1. The third-order valence-corrected chi connectivity index (χ3v) is 3.35. The van der Waals surface area contributed by atoms with E-state index in [4.69, 9.17) is 23.2 Å². The lowest BCUT2D eigenvalue weighted by molar-refractivity contribution is -0.901. The third-order valence-electron chi connectivity index (χ3n) is 2.77. The van der Waals surface area contributed by atoms with Crippen LogP contribution in [0, 0.1) is 0 Å². The predicted octanol–water partition coefficient (Wildman–Crippen LogP) is 2.17. The molecule has 1 nitrogen and oxygen atoms in total. The summed E-state index contributed by atoms with van der Waals surface area (Å²) in [5.41, 5.74) is 1.22. The van der Waals surface area contributed by atoms with Gasteiger partial charge in [0.2, 0.25) is 0 Å². The topological polar surface area (TPSA) is 4.44 Å². The van der Waals surface area contributed by atoms with Crippen molar-refractivity contribution in [2.24, 2.45) is 0 Å². The summed E-state index contributed by atoms with van der Waals surface area (Å²) in [5.74, 6) is 0. The van der Waals surface area contributed by atoms with E-state index in [1.165, 1.54) is 31.5 Å². The van der Waals surface area contributed by atoms with E-state index in [1.807, 2.05) is 18.2 Å². The summed E-state index contributed by atoms with van der Waals surface area (Å²) >= 11 is 12.0. The first-order valence-electron chi connectivity index (χ1n) is 5.03. The number of rotatable bonds is 2. The smallest absolute Gasteiger partial charge is 0.104 e. The third kappa shape index (κ3) is 2.41. The lowest BCUT2D eigenvalue weighted by Crippen LogP contribution is -3.08. The van der Waals surface area contributed by atoms with Crippen LogP contribution in [0.5, 0.6) is 0 Å². The van der Waals surface area contributed by atoms with Gasteiger partial charge in [-0.1, -0.05) is 29.3 Å². The van der Waals surface area contributed by atoms with Crippen LogP contribution < -0.4 is 4.90 Å². The molecule has 1 saturated heterocycles. The molecule has 1 heterocycles. The molecule has 1 aromatic rings. The van der Waals surface area contributed by atoms with Crippen molar-refractivity contribution in [2.75, 3.05) is 13.1 Å². The van der Waals surface area contributed by atoms with Gasteiger partial charge in [-0.15, -0.1) is 0 Å². The van der Waals surface area contributed by atoms with Gasteiger partial charge in [-0.2, -0.15) is 0 Å². The Kier molecular flexibility index (Phi) is 3.32. The van der Waals surface area contributed by atoms with Crippen LogP contribution in [0.2, 0.25) is 10.0 Å². The minimum absolute atomic E-state index is 0.718. The Hall–Kier alpha value is -0.240. The Bertz CT molecular complexity index is 319. The first-order valence-corrected chi connectivity index (χ1v) is 5.79. The highest BCUT2D eigenvalue weighted by atomic mass is 35.5. The molecule has 1 N–H and O–H groups in total. The number of likely N-dealkylation sites (tertiary alicyclic amines) is 1. The number of halogens is 2. The van der Waals surface area contributed by atoms with Gasteiger partial charge in [0.05, 0.1) is 18.1 Å². The molecule has 1 aliphatic rings. The lowest BCUT2D eigenvalue weighted by Gasteiger charge is -2.12. The van der Waals surface area contributed by atoms with Gasteiger partial charge in [-0.05, 0) is 12.1 Å². The quantitative estimate of drug-likeness (QED) is 0.795. The fourth-order valence-electron chi connectivity index (χ4n) is 1.99. The number of hydrogen-bond acceptors (Lipinski definition) is 0. The maximum absolute atomic E-state index is 6.11. The van der Waals surface area contributed by atoms with Crippen LogP contribution in [0.1, 0.15) is 18.4 Å². The highest BCUT2D eigenvalue weighted by Gasteiger charge is 2.16. The lowest BCUT2D eigenvalue weighted by atomic mass is 10.2. The normalized spacial score (nSPS) is 17.6. The summed E-state index contributed by atoms with van der Waals surface area (Å²) < 4.78 is 0. The summed E-state index contributed by atoms with van der Waals surface area (Å²) in [6, 6.07) is 5.78. The maximum Gasteiger partial charge on any atom is 0.104 e. The van der Waals surface area contributed by atoms with E-state index in [9.17, 15) is 0 Å². The molecule has 1 aliphatic heterocycles. The molecule has 0 saturated carbocycles. The number of hydrogen-bond donors (Lipinski definition) is 1. The van der Waals surface area contributed by atoms with E-state index < -0.39 is 0 Å². The van der Waals surface area contributed by atoms with E-state index in [1.54, 1.807) is 4.90 Å². The second-order valence-corrected chi connectivity index (χ2v) is 4.71. The molecule has 0 amide bonds. The van der Waals surface area contributed by atoms with Crippen molar-refractivity contribution in [1.82, 2.24) is 0 Å². The molecule has 2 rings (SSSR count). The van der Waals surface area contributed by atoms with E-state index in [0.29, 0.717) is 0 Å². The largest absolute Gasteiger partial charge is 0.331 e. The molecule has 14 heavy (non-hydrogen) atoms. The molecule has 0 radical (unpaired) electrons. The second-order valence-electron chi connectivity index (χ2n) is 3.87. The molecule has 76 valence electrons. The summed E-state index contributed by atoms with van der Waals surface area (Å²) in [5, 5.41) is 1.52. The molecule has 0 spiro atoms. The fourth-order valence-corrected chi connectivity index (χ4v) is 2.46. The van der Waals surface area contributed by atoms with Gasteiger partial charge in [0, 0.05) is 23.4 Å². The van der Waals surface area contributed by atoms with E-state index in [2.05, 4.69) is 0 Å².